The summed E-state index contributed by atoms with van der Waals surface area (Å²) in [6.07, 6.45) is 0. The summed E-state index contributed by atoms with van der Waals surface area (Å²) < 4.78 is 11.7. The number of amides is 1. The molecular formula is C19H19BrN2O3. The van der Waals surface area contributed by atoms with Gasteiger partial charge in [0.25, 0.3) is 5.91 Å². The van der Waals surface area contributed by atoms with Gasteiger partial charge >= 0.3 is 0 Å². The van der Waals surface area contributed by atoms with Crippen LogP contribution in [0.5, 0.6) is 11.5 Å². The molecule has 1 unspecified atom stereocenters. The second-order valence-electron chi connectivity index (χ2n) is 5.32. The number of nitriles is 1. The van der Waals surface area contributed by atoms with Crippen molar-refractivity contribution in [2.45, 2.75) is 19.9 Å². The fourth-order valence-corrected chi connectivity index (χ4v) is 2.84. The molecule has 0 saturated carbocycles. The summed E-state index contributed by atoms with van der Waals surface area (Å²) in [6, 6.07) is 14.9. The van der Waals surface area contributed by atoms with Crippen molar-refractivity contribution in [2.75, 3.05) is 13.2 Å². The molecule has 6 heteroatoms. The van der Waals surface area contributed by atoms with E-state index in [2.05, 4.69) is 27.3 Å². The summed E-state index contributed by atoms with van der Waals surface area (Å²) in [6.45, 7) is 4.03. The summed E-state index contributed by atoms with van der Waals surface area (Å²) >= 11 is 3.36. The molecule has 1 amide bonds. The number of nitrogens with one attached hydrogen (secondary N) is 1. The fourth-order valence-electron chi connectivity index (χ4n) is 2.28. The minimum absolute atomic E-state index is 0.118. The van der Waals surface area contributed by atoms with E-state index in [-0.39, 0.29) is 18.6 Å². The van der Waals surface area contributed by atoms with Crippen LogP contribution >= 0.6 is 15.9 Å². The van der Waals surface area contributed by atoms with Crippen molar-refractivity contribution >= 4 is 21.8 Å². The molecule has 25 heavy (non-hydrogen) atoms. The third kappa shape index (κ3) is 5.23. The van der Waals surface area contributed by atoms with E-state index in [4.69, 9.17) is 14.7 Å². The van der Waals surface area contributed by atoms with Gasteiger partial charge in [-0.1, -0.05) is 30.3 Å². The molecular weight excluding hydrogens is 384 g/mol. The minimum atomic E-state index is -0.241. The smallest absolute Gasteiger partial charge is 0.258 e. The van der Waals surface area contributed by atoms with Gasteiger partial charge in [0.1, 0.15) is 0 Å². The van der Waals surface area contributed by atoms with E-state index >= 15 is 0 Å². The normalized spacial score (nSPS) is 11.3. The molecule has 0 aliphatic rings. The average molecular weight is 403 g/mol. The van der Waals surface area contributed by atoms with Crippen molar-refractivity contribution in [3.05, 3.63) is 58.1 Å². The van der Waals surface area contributed by atoms with E-state index in [1.165, 1.54) is 0 Å². The molecule has 0 aliphatic carbocycles. The topological polar surface area (TPSA) is 71.3 Å². The Morgan fingerprint density at radius 3 is 2.64 bits per heavy atom. The Balaban J connectivity index is 2.03. The highest BCUT2D eigenvalue weighted by atomic mass is 79.9. The third-order valence-corrected chi connectivity index (χ3v) is 4.05. The quantitative estimate of drug-likeness (QED) is 0.759. The van der Waals surface area contributed by atoms with Crippen LogP contribution in [0, 0.1) is 11.3 Å². The number of nitrogens with zero attached hydrogens (tertiary/aromatic N) is 1. The minimum Gasteiger partial charge on any atom is -0.490 e. The van der Waals surface area contributed by atoms with E-state index in [1.54, 1.807) is 12.1 Å². The Morgan fingerprint density at radius 2 is 2.00 bits per heavy atom. The lowest BCUT2D eigenvalue weighted by Gasteiger charge is -2.16. The molecule has 2 rings (SSSR count). The van der Waals surface area contributed by atoms with Gasteiger partial charge in [0, 0.05) is 6.07 Å². The first-order valence-corrected chi connectivity index (χ1v) is 8.68. The summed E-state index contributed by atoms with van der Waals surface area (Å²) in [5, 5.41) is 11.9. The van der Waals surface area contributed by atoms with Crippen molar-refractivity contribution in [1.82, 2.24) is 5.32 Å². The summed E-state index contributed by atoms with van der Waals surface area (Å²) in [7, 11) is 0. The van der Waals surface area contributed by atoms with Gasteiger partial charge < -0.3 is 14.8 Å². The van der Waals surface area contributed by atoms with Crippen LogP contribution in [0.4, 0.5) is 0 Å². The lowest BCUT2D eigenvalue weighted by Crippen LogP contribution is -2.31. The lowest BCUT2D eigenvalue weighted by atomic mass is 10.1. The highest BCUT2D eigenvalue weighted by Crippen LogP contribution is 2.36. The maximum absolute atomic E-state index is 12.2. The van der Waals surface area contributed by atoms with Crippen LogP contribution in [-0.4, -0.2) is 19.1 Å². The molecule has 0 heterocycles. The molecule has 5 nitrogen and oxygen atoms in total. The van der Waals surface area contributed by atoms with E-state index in [0.29, 0.717) is 28.1 Å². The number of hydrogen-bond acceptors (Lipinski definition) is 4. The van der Waals surface area contributed by atoms with Crippen molar-refractivity contribution < 1.29 is 14.3 Å². The number of ether oxygens (including phenoxy) is 2. The van der Waals surface area contributed by atoms with Crippen LogP contribution in [-0.2, 0) is 4.79 Å². The monoisotopic (exact) mass is 402 g/mol. The predicted octanol–water partition coefficient (Wildman–Crippen LogP) is 3.98. The number of rotatable bonds is 7. The Labute approximate surface area is 155 Å². The van der Waals surface area contributed by atoms with Gasteiger partial charge in [-0.3, -0.25) is 4.79 Å². The molecule has 0 radical (unpaired) electrons. The number of halogens is 1. The zero-order valence-electron chi connectivity index (χ0n) is 14.1. The Kier molecular flexibility index (Phi) is 6.84. The first-order chi connectivity index (χ1) is 12.0. The summed E-state index contributed by atoms with van der Waals surface area (Å²) in [4.78, 5) is 12.2. The molecule has 0 spiro atoms. The molecule has 2 aromatic rings. The molecule has 130 valence electrons. The standard InChI is InChI=1S/C19H19BrN2O3/c1-3-24-17-10-14(11-21)9-16(20)19(17)25-12-18(23)22-13(2)15-7-5-4-6-8-15/h4-10,13H,3,12H2,1-2H3,(H,22,23). The first-order valence-electron chi connectivity index (χ1n) is 7.88. The number of carbonyl (C=O) groups excluding carboxylic acids is 1. The molecule has 2 aromatic carbocycles. The van der Waals surface area contributed by atoms with Crippen LogP contribution in [0.15, 0.2) is 46.9 Å². The average Bonchev–Trinajstić information content (AvgIpc) is 2.61. The van der Waals surface area contributed by atoms with Crippen molar-refractivity contribution in [2.24, 2.45) is 0 Å². The molecule has 0 bridgehead atoms. The molecule has 1 atom stereocenters. The number of hydrogen-bond donors (Lipinski definition) is 1. The zero-order valence-corrected chi connectivity index (χ0v) is 15.7. The van der Waals surface area contributed by atoms with Gasteiger partial charge in [-0.2, -0.15) is 5.26 Å². The highest BCUT2D eigenvalue weighted by Gasteiger charge is 2.15. The second kappa shape index (κ2) is 9.09. The fraction of sp³-hybridized carbons (Fsp3) is 0.263. The van der Waals surface area contributed by atoms with E-state index in [1.807, 2.05) is 44.2 Å². The summed E-state index contributed by atoms with van der Waals surface area (Å²) in [5.74, 6) is 0.593. The Hall–Kier alpha value is -2.52. The zero-order chi connectivity index (χ0) is 18.2. The van der Waals surface area contributed by atoms with Crippen LogP contribution in [0.25, 0.3) is 0 Å². The lowest BCUT2D eigenvalue weighted by molar-refractivity contribution is -0.123. The maximum atomic E-state index is 12.2. The van der Waals surface area contributed by atoms with Crippen molar-refractivity contribution in [3.8, 4) is 17.6 Å². The van der Waals surface area contributed by atoms with Crippen LogP contribution in [0.1, 0.15) is 31.0 Å². The van der Waals surface area contributed by atoms with Crippen molar-refractivity contribution in [3.63, 3.8) is 0 Å². The van der Waals surface area contributed by atoms with Gasteiger partial charge in [0.2, 0.25) is 0 Å². The largest absolute Gasteiger partial charge is 0.490 e. The number of carbonyl (C=O) groups is 1. The third-order valence-electron chi connectivity index (χ3n) is 3.46. The molecule has 1 N–H and O–H groups in total. The molecule has 0 aromatic heterocycles. The molecule has 0 saturated heterocycles. The van der Waals surface area contributed by atoms with Gasteiger partial charge in [0.05, 0.1) is 28.8 Å². The molecule has 0 fully saturated rings. The van der Waals surface area contributed by atoms with Gasteiger partial charge in [-0.25, -0.2) is 0 Å². The number of benzene rings is 2. The van der Waals surface area contributed by atoms with Crippen LogP contribution in [0.2, 0.25) is 0 Å². The van der Waals surface area contributed by atoms with E-state index in [0.717, 1.165) is 5.56 Å². The first kappa shape index (κ1) is 18.8. The van der Waals surface area contributed by atoms with E-state index in [9.17, 15) is 4.79 Å². The Morgan fingerprint density at radius 1 is 1.28 bits per heavy atom. The Bertz CT molecular complexity index is 772. The van der Waals surface area contributed by atoms with Gasteiger partial charge in [-0.15, -0.1) is 0 Å². The van der Waals surface area contributed by atoms with E-state index < -0.39 is 0 Å². The SMILES string of the molecule is CCOc1cc(C#N)cc(Br)c1OCC(=O)NC(C)c1ccccc1. The van der Waals surface area contributed by atoms with Crippen molar-refractivity contribution in [1.29, 1.82) is 5.26 Å². The highest BCUT2D eigenvalue weighted by molar-refractivity contribution is 9.10. The molecule has 0 aliphatic heterocycles. The van der Waals surface area contributed by atoms with Crippen LogP contribution < -0.4 is 14.8 Å². The summed E-state index contributed by atoms with van der Waals surface area (Å²) in [5.41, 5.74) is 1.47. The maximum Gasteiger partial charge on any atom is 0.258 e. The predicted molar refractivity (Wildman–Crippen MR) is 98.5 cm³/mol. The second-order valence-corrected chi connectivity index (χ2v) is 6.17. The van der Waals surface area contributed by atoms with Crippen LogP contribution in [0.3, 0.4) is 0 Å². The van der Waals surface area contributed by atoms with Gasteiger partial charge in [-0.05, 0) is 41.4 Å². The van der Waals surface area contributed by atoms with Gasteiger partial charge in [0.15, 0.2) is 18.1 Å².